The molecule has 1 saturated carbocycles. The minimum Gasteiger partial charge on any atom is -0.497 e. The highest BCUT2D eigenvalue weighted by molar-refractivity contribution is 5.29. The van der Waals surface area contributed by atoms with Crippen LogP contribution in [-0.4, -0.2) is 32.0 Å². The van der Waals surface area contributed by atoms with E-state index in [1.807, 2.05) is 0 Å². The highest BCUT2D eigenvalue weighted by atomic mass is 16.5. The molecule has 0 saturated heterocycles. The van der Waals surface area contributed by atoms with Gasteiger partial charge >= 0.3 is 0 Å². The summed E-state index contributed by atoms with van der Waals surface area (Å²) in [5.74, 6) is 5.84. The van der Waals surface area contributed by atoms with Crippen LogP contribution >= 0.6 is 0 Å². The van der Waals surface area contributed by atoms with E-state index in [4.69, 9.17) is 14.2 Å². The van der Waals surface area contributed by atoms with Crippen LogP contribution in [0.3, 0.4) is 0 Å². The third-order valence-electron chi connectivity index (χ3n) is 8.72. The predicted molar refractivity (Wildman–Crippen MR) is 195 cm³/mol. The Morgan fingerprint density at radius 3 is 1.55 bits per heavy atom. The van der Waals surface area contributed by atoms with Gasteiger partial charge in [0, 0.05) is 6.61 Å². The zero-order valence-corrected chi connectivity index (χ0v) is 32.1. The van der Waals surface area contributed by atoms with Gasteiger partial charge in [-0.2, -0.15) is 0 Å². The molecular weight excluding hydrogens is 540 g/mol. The lowest BCUT2D eigenvalue weighted by atomic mass is 9.82. The summed E-state index contributed by atoms with van der Waals surface area (Å²) in [7, 11) is 1.71. The van der Waals surface area contributed by atoms with Gasteiger partial charge in [0.1, 0.15) is 5.75 Å². The normalized spacial score (nSPS) is 16.2. The molecule has 0 amide bonds. The molecule has 3 nitrogen and oxygen atoms in total. The van der Waals surface area contributed by atoms with Gasteiger partial charge in [-0.05, 0) is 97.6 Å². The maximum Gasteiger partial charge on any atom is 0.118 e. The first-order valence-electron chi connectivity index (χ1n) is 18.6. The monoisotopic (exact) mass is 619 g/mol. The standard InChI is InChI=1S/C15H24O.C14H28O.C12H26O/c1-11(2)10-15(12(3)4)13-6-8-14(16-5)9-7-13;1-11(2)10-14(12(3)4)15-13-8-6-5-7-9-13;1-6-7-8-13-12(11(4)5)9-10(2)3/h6-9,11-12,15H,10H2,1-5H3;11-14H,5-10H2,1-4H3;10-12H,6-9H2,1-5H3. The van der Waals surface area contributed by atoms with Gasteiger partial charge in [0.05, 0.1) is 25.4 Å². The fourth-order valence-electron chi connectivity index (χ4n) is 5.93. The van der Waals surface area contributed by atoms with Crippen molar-refractivity contribution in [3.8, 4) is 5.75 Å². The van der Waals surface area contributed by atoms with Crippen LogP contribution in [0.2, 0.25) is 0 Å². The number of rotatable bonds is 17. The summed E-state index contributed by atoms with van der Waals surface area (Å²) >= 11 is 0. The third-order valence-corrected chi connectivity index (χ3v) is 8.72. The first-order chi connectivity index (χ1) is 20.7. The predicted octanol–water partition coefficient (Wildman–Crippen LogP) is 12.8. The number of methoxy groups -OCH3 is 1. The van der Waals surface area contributed by atoms with Gasteiger partial charge in [0.15, 0.2) is 0 Å². The number of hydrogen-bond acceptors (Lipinski definition) is 3. The van der Waals surface area contributed by atoms with Crippen molar-refractivity contribution in [3.05, 3.63) is 29.8 Å². The Kier molecular flexibility index (Phi) is 24.5. The van der Waals surface area contributed by atoms with Crippen LogP contribution in [0, 0.1) is 35.5 Å². The second kappa shape index (κ2) is 25.1. The summed E-state index contributed by atoms with van der Waals surface area (Å²) in [4.78, 5) is 0. The fourth-order valence-corrected chi connectivity index (χ4v) is 5.93. The van der Waals surface area contributed by atoms with Crippen molar-refractivity contribution in [1.29, 1.82) is 0 Å². The molecule has 1 aromatic carbocycles. The second-order valence-corrected chi connectivity index (χ2v) is 15.7. The lowest BCUT2D eigenvalue weighted by molar-refractivity contribution is -0.0592. The maximum absolute atomic E-state index is 6.26. The topological polar surface area (TPSA) is 27.7 Å². The summed E-state index contributed by atoms with van der Waals surface area (Å²) < 4.78 is 17.3. The molecule has 3 heteroatoms. The van der Waals surface area contributed by atoms with Crippen molar-refractivity contribution in [3.63, 3.8) is 0 Å². The highest BCUT2D eigenvalue weighted by Crippen LogP contribution is 2.32. The van der Waals surface area contributed by atoms with Crippen LogP contribution in [0.25, 0.3) is 0 Å². The maximum atomic E-state index is 6.26. The number of benzene rings is 1. The fraction of sp³-hybridized carbons (Fsp3) is 0.854. The van der Waals surface area contributed by atoms with Crippen molar-refractivity contribution in [2.75, 3.05) is 13.7 Å². The van der Waals surface area contributed by atoms with Crippen LogP contribution in [0.1, 0.15) is 166 Å². The summed E-state index contributed by atoms with van der Waals surface area (Å²) in [5, 5.41) is 0. The van der Waals surface area contributed by atoms with Gasteiger partial charge in [0.2, 0.25) is 0 Å². The molecular formula is C41H78O3. The van der Waals surface area contributed by atoms with Crippen molar-refractivity contribution < 1.29 is 14.2 Å². The Morgan fingerprint density at radius 2 is 1.14 bits per heavy atom. The van der Waals surface area contributed by atoms with Crippen LogP contribution in [0.5, 0.6) is 5.75 Å². The molecule has 44 heavy (non-hydrogen) atoms. The SMILES string of the molecule is CC(C)CC(OC1CCCCC1)C(C)C.CCCCOC(CC(C)C)C(C)C.COc1ccc(C(CC(C)C)C(C)C)cc1. The Hall–Kier alpha value is -1.06. The van der Waals surface area contributed by atoms with Crippen molar-refractivity contribution in [2.45, 2.75) is 178 Å². The average Bonchev–Trinajstić information content (AvgIpc) is 2.95. The van der Waals surface area contributed by atoms with E-state index in [-0.39, 0.29) is 0 Å². The van der Waals surface area contributed by atoms with E-state index in [0.717, 1.165) is 30.1 Å². The lowest BCUT2D eigenvalue weighted by Gasteiger charge is -2.30. The van der Waals surface area contributed by atoms with E-state index in [0.29, 0.717) is 42.0 Å². The highest BCUT2D eigenvalue weighted by Gasteiger charge is 2.22. The largest absolute Gasteiger partial charge is 0.497 e. The number of ether oxygens (including phenoxy) is 3. The van der Waals surface area contributed by atoms with Gasteiger partial charge in [-0.3, -0.25) is 0 Å². The molecule has 0 radical (unpaired) electrons. The van der Waals surface area contributed by atoms with E-state index in [2.05, 4.69) is 114 Å². The molecule has 0 spiro atoms. The van der Waals surface area contributed by atoms with Crippen LogP contribution in [-0.2, 0) is 9.47 Å². The third kappa shape index (κ3) is 20.9. The van der Waals surface area contributed by atoms with Crippen molar-refractivity contribution in [2.24, 2.45) is 35.5 Å². The number of unbranched alkanes of at least 4 members (excludes halogenated alkanes) is 1. The van der Waals surface area contributed by atoms with Gasteiger partial charge in [0.25, 0.3) is 0 Å². The molecule has 0 aliphatic heterocycles. The molecule has 2 rings (SSSR count). The molecule has 3 atom stereocenters. The van der Waals surface area contributed by atoms with Crippen LogP contribution in [0.4, 0.5) is 0 Å². The molecule has 0 N–H and O–H groups in total. The second-order valence-electron chi connectivity index (χ2n) is 15.7. The molecule has 1 fully saturated rings. The molecule has 1 aromatic rings. The average molecular weight is 619 g/mol. The molecule has 3 unspecified atom stereocenters. The quantitative estimate of drug-likeness (QED) is 0.163. The van der Waals surface area contributed by atoms with Gasteiger partial charge in [-0.1, -0.05) is 128 Å². The molecule has 260 valence electrons. The molecule has 0 bridgehead atoms. The van der Waals surface area contributed by atoms with E-state index >= 15 is 0 Å². The smallest absolute Gasteiger partial charge is 0.118 e. The minimum absolute atomic E-state index is 0.464. The van der Waals surface area contributed by atoms with Gasteiger partial charge in [-0.25, -0.2) is 0 Å². The summed E-state index contributed by atoms with van der Waals surface area (Å²) in [6.07, 6.45) is 14.3. The van der Waals surface area contributed by atoms with Crippen molar-refractivity contribution >= 4 is 0 Å². The Bertz CT molecular complexity index is 759. The van der Waals surface area contributed by atoms with E-state index < -0.39 is 0 Å². The van der Waals surface area contributed by atoms with Gasteiger partial charge in [-0.15, -0.1) is 0 Å². The molecule has 0 heterocycles. The summed E-state index contributed by atoms with van der Waals surface area (Å²) in [5.41, 5.74) is 1.43. The summed E-state index contributed by atoms with van der Waals surface area (Å²) in [6, 6.07) is 8.52. The minimum atomic E-state index is 0.464. The number of hydrogen-bond donors (Lipinski definition) is 0. The summed E-state index contributed by atoms with van der Waals surface area (Å²) in [6.45, 7) is 30.5. The Labute approximate surface area is 277 Å². The van der Waals surface area contributed by atoms with Crippen LogP contribution < -0.4 is 4.74 Å². The lowest BCUT2D eigenvalue weighted by Crippen LogP contribution is -2.29. The Morgan fingerprint density at radius 1 is 0.636 bits per heavy atom. The van der Waals surface area contributed by atoms with E-state index in [9.17, 15) is 0 Å². The van der Waals surface area contributed by atoms with E-state index in [1.54, 1.807) is 7.11 Å². The zero-order chi connectivity index (χ0) is 33.7. The first kappa shape index (κ1) is 42.9. The van der Waals surface area contributed by atoms with Gasteiger partial charge < -0.3 is 14.2 Å². The van der Waals surface area contributed by atoms with Crippen molar-refractivity contribution in [1.82, 2.24) is 0 Å². The van der Waals surface area contributed by atoms with E-state index in [1.165, 1.54) is 69.8 Å². The first-order valence-corrected chi connectivity index (χ1v) is 18.6. The zero-order valence-electron chi connectivity index (χ0n) is 32.1. The Balaban J connectivity index is 0.000000635. The molecule has 1 aliphatic carbocycles. The molecule has 0 aromatic heterocycles. The molecule has 1 aliphatic rings. The van der Waals surface area contributed by atoms with Crippen LogP contribution in [0.15, 0.2) is 24.3 Å².